The topological polar surface area (TPSA) is 73.9 Å². The second-order valence-electron chi connectivity index (χ2n) is 4.43. The smallest absolute Gasteiger partial charge is 0.306 e. The Kier molecular flexibility index (Phi) is 7.59. The van der Waals surface area contributed by atoms with Crippen molar-refractivity contribution in [2.24, 2.45) is 0 Å². The minimum Gasteiger partial charge on any atom is -0.497 e. The number of methoxy groups -OCH3 is 3. The second-order valence-corrected chi connectivity index (χ2v) is 5.88. The Morgan fingerprint density at radius 1 is 1.14 bits per heavy atom. The van der Waals surface area contributed by atoms with Crippen LogP contribution in [0.1, 0.15) is 13.3 Å². The quantitative estimate of drug-likeness (QED) is 0.739. The van der Waals surface area contributed by atoms with E-state index in [-0.39, 0.29) is 23.5 Å². The van der Waals surface area contributed by atoms with Crippen molar-refractivity contribution in [1.82, 2.24) is 0 Å². The Labute approximate surface area is 134 Å². The summed E-state index contributed by atoms with van der Waals surface area (Å²) in [5.74, 6) is 1.30. The molecule has 0 spiro atoms. The number of nitrogens with one attached hydrogen (secondary N) is 1. The Bertz CT molecular complexity index is 498. The summed E-state index contributed by atoms with van der Waals surface area (Å²) in [6.45, 7) is 1.79. The normalized spacial score (nSPS) is 11.5. The van der Waals surface area contributed by atoms with E-state index >= 15 is 0 Å². The van der Waals surface area contributed by atoms with Crippen LogP contribution >= 0.6 is 11.8 Å². The zero-order valence-corrected chi connectivity index (χ0v) is 14.0. The van der Waals surface area contributed by atoms with Crippen LogP contribution in [0.4, 0.5) is 5.69 Å². The van der Waals surface area contributed by atoms with Crippen molar-refractivity contribution in [2.45, 2.75) is 18.6 Å². The molecule has 1 rings (SSSR count). The van der Waals surface area contributed by atoms with Crippen molar-refractivity contribution in [3.05, 3.63) is 18.2 Å². The molecule has 0 unspecified atom stereocenters. The zero-order chi connectivity index (χ0) is 16.5. The average molecular weight is 327 g/mol. The highest BCUT2D eigenvalue weighted by Gasteiger charge is 2.15. The van der Waals surface area contributed by atoms with Gasteiger partial charge in [0.15, 0.2) is 0 Å². The van der Waals surface area contributed by atoms with E-state index in [1.807, 2.05) is 0 Å². The van der Waals surface area contributed by atoms with Gasteiger partial charge in [-0.15, -0.1) is 11.8 Å². The minimum atomic E-state index is -0.290. The summed E-state index contributed by atoms with van der Waals surface area (Å²) in [5.41, 5.74) is 0.599. The molecule has 0 aliphatic rings. The van der Waals surface area contributed by atoms with Crippen LogP contribution in [0, 0.1) is 0 Å². The molecule has 1 amide bonds. The fourth-order valence-corrected chi connectivity index (χ4v) is 2.47. The Morgan fingerprint density at radius 3 is 2.23 bits per heavy atom. The third-order valence-corrected chi connectivity index (χ3v) is 4.04. The summed E-state index contributed by atoms with van der Waals surface area (Å²) in [4.78, 5) is 23.2. The van der Waals surface area contributed by atoms with E-state index in [1.165, 1.54) is 18.9 Å². The lowest BCUT2D eigenvalue weighted by molar-refractivity contribution is -0.140. The van der Waals surface area contributed by atoms with Gasteiger partial charge in [-0.2, -0.15) is 0 Å². The second kappa shape index (κ2) is 9.19. The molecule has 7 heteroatoms. The van der Waals surface area contributed by atoms with E-state index in [2.05, 4.69) is 10.1 Å². The van der Waals surface area contributed by atoms with Gasteiger partial charge in [-0.3, -0.25) is 9.59 Å². The number of amides is 1. The van der Waals surface area contributed by atoms with Crippen molar-refractivity contribution in [1.29, 1.82) is 0 Å². The molecule has 0 fully saturated rings. The van der Waals surface area contributed by atoms with E-state index < -0.39 is 0 Å². The van der Waals surface area contributed by atoms with Gasteiger partial charge in [0.25, 0.3) is 0 Å². The van der Waals surface area contributed by atoms with Crippen LogP contribution in [0.5, 0.6) is 11.5 Å². The van der Waals surface area contributed by atoms with Gasteiger partial charge in [-0.25, -0.2) is 0 Å². The average Bonchev–Trinajstić information content (AvgIpc) is 2.53. The number of esters is 1. The molecule has 0 aliphatic carbocycles. The van der Waals surface area contributed by atoms with Crippen molar-refractivity contribution in [3.8, 4) is 11.5 Å². The number of carbonyl (C=O) groups is 2. The molecule has 22 heavy (non-hydrogen) atoms. The zero-order valence-electron chi connectivity index (χ0n) is 13.2. The molecule has 0 radical (unpaired) electrons. The maximum atomic E-state index is 12.1. The van der Waals surface area contributed by atoms with Crippen LogP contribution in [0.3, 0.4) is 0 Å². The summed E-state index contributed by atoms with van der Waals surface area (Å²) < 4.78 is 14.9. The van der Waals surface area contributed by atoms with Crippen LogP contribution in [0.15, 0.2) is 18.2 Å². The number of carbonyl (C=O) groups excluding carboxylic acids is 2. The monoisotopic (exact) mass is 327 g/mol. The standard InChI is InChI=1S/C15H21NO5S/c1-10(22-6-5-14(17)21-4)15(18)16-11-7-12(19-2)9-13(8-11)20-3/h7-10H,5-6H2,1-4H3,(H,16,18)/t10-/m0/s1. The largest absolute Gasteiger partial charge is 0.497 e. The van der Waals surface area contributed by atoms with Crippen LogP contribution in [0.2, 0.25) is 0 Å². The van der Waals surface area contributed by atoms with Crippen LogP contribution in [-0.2, 0) is 14.3 Å². The van der Waals surface area contributed by atoms with E-state index in [9.17, 15) is 9.59 Å². The summed E-state index contributed by atoms with van der Waals surface area (Å²) in [7, 11) is 4.44. The lowest BCUT2D eigenvalue weighted by Crippen LogP contribution is -2.23. The van der Waals surface area contributed by atoms with Gasteiger partial charge < -0.3 is 19.5 Å². The Hall–Kier alpha value is -1.89. The van der Waals surface area contributed by atoms with Gasteiger partial charge in [0.05, 0.1) is 33.0 Å². The molecule has 0 saturated carbocycles. The van der Waals surface area contributed by atoms with Gasteiger partial charge in [-0.1, -0.05) is 0 Å². The van der Waals surface area contributed by atoms with Gasteiger partial charge in [0.2, 0.25) is 5.91 Å². The SMILES string of the molecule is COC(=O)CCS[C@@H](C)C(=O)Nc1cc(OC)cc(OC)c1. The Morgan fingerprint density at radius 2 is 1.73 bits per heavy atom. The van der Waals surface area contributed by atoms with E-state index in [0.29, 0.717) is 22.9 Å². The number of hydrogen-bond acceptors (Lipinski definition) is 6. The van der Waals surface area contributed by atoms with Gasteiger partial charge in [-0.05, 0) is 6.92 Å². The predicted molar refractivity (Wildman–Crippen MR) is 86.7 cm³/mol. The highest BCUT2D eigenvalue weighted by Crippen LogP contribution is 2.26. The first-order chi connectivity index (χ1) is 10.5. The fraction of sp³-hybridized carbons (Fsp3) is 0.467. The van der Waals surface area contributed by atoms with Crippen molar-refractivity contribution >= 4 is 29.3 Å². The molecular weight excluding hydrogens is 306 g/mol. The number of ether oxygens (including phenoxy) is 3. The molecule has 0 aromatic heterocycles. The summed E-state index contributed by atoms with van der Waals surface area (Å²) in [6.07, 6.45) is 0.284. The molecule has 0 aliphatic heterocycles. The third-order valence-electron chi connectivity index (χ3n) is 2.89. The fourth-order valence-electron chi connectivity index (χ4n) is 1.62. The van der Waals surface area contributed by atoms with Gasteiger partial charge in [0, 0.05) is 29.6 Å². The highest BCUT2D eigenvalue weighted by molar-refractivity contribution is 8.00. The molecule has 6 nitrogen and oxygen atoms in total. The van der Waals surface area contributed by atoms with Crippen LogP contribution < -0.4 is 14.8 Å². The molecule has 1 N–H and O–H groups in total. The highest BCUT2D eigenvalue weighted by atomic mass is 32.2. The molecule has 0 heterocycles. The van der Waals surface area contributed by atoms with Crippen molar-refractivity contribution in [2.75, 3.05) is 32.4 Å². The first kappa shape index (κ1) is 18.2. The van der Waals surface area contributed by atoms with E-state index in [1.54, 1.807) is 39.3 Å². The lowest BCUT2D eigenvalue weighted by Gasteiger charge is -2.13. The van der Waals surface area contributed by atoms with E-state index in [4.69, 9.17) is 9.47 Å². The summed E-state index contributed by atoms with van der Waals surface area (Å²) in [6, 6.07) is 5.16. The third kappa shape index (κ3) is 5.85. The molecule has 1 aromatic rings. The molecule has 0 saturated heterocycles. The van der Waals surface area contributed by atoms with Crippen LogP contribution in [-0.4, -0.2) is 44.2 Å². The predicted octanol–water partition coefficient (Wildman–Crippen LogP) is 2.33. The molecule has 1 atom stereocenters. The molecule has 0 bridgehead atoms. The molecular formula is C15H21NO5S. The number of anilines is 1. The minimum absolute atomic E-state index is 0.148. The van der Waals surface area contributed by atoms with Gasteiger partial charge in [0.1, 0.15) is 11.5 Å². The molecule has 1 aromatic carbocycles. The van der Waals surface area contributed by atoms with Gasteiger partial charge >= 0.3 is 5.97 Å². The maximum absolute atomic E-state index is 12.1. The summed E-state index contributed by atoms with van der Waals surface area (Å²) >= 11 is 1.39. The van der Waals surface area contributed by atoms with E-state index in [0.717, 1.165) is 0 Å². The van der Waals surface area contributed by atoms with Crippen molar-refractivity contribution in [3.63, 3.8) is 0 Å². The first-order valence-electron chi connectivity index (χ1n) is 6.72. The van der Waals surface area contributed by atoms with Crippen LogP contribution in [0.25, 0.3) is 0 Å². The number of rotatable bonds is 8. The van der Waals surface area contributed by atoms with Crippen molar-refractivity contribution < 1.29 is 23.8 Å². The number of benzene rings is 1. The Balaban J connectivity index is 2.58. The summed E-state index contributed by atoms with van der Waals surface area (Å²) in [5, 5.41) is 2.52. The maximum Gasteiger partial charge on any atom is 0.306 e. The first-order valence-corrected chi connectivity index (χ1v) is 7.77. The molecule has 122 valence electrons. The lowest BCUT2D eigenvalue weighted by atomic mass is 10.2. The number of hydrogen-bond donors (Lipinski definition) is 1. The number of thioether (sulfide) groups is 1.